The van der Waals surface area contributed by atoms with E-state index in [-0.39, 0.29) is 0 Å². The predicted molar refractivity (Wildman–Crippen MR) is 36.0 cm³/mol. The standard InChI is InChI=1S/C7H10S/c8-7-3-1-4-5(2-3)6(4)7/h3-8H,1-2H2. The van der Waals surface area contributed by atoms with Crippen LogP contribution in [0.15, 0.2) is 0 Å². The summed E-state index contributed by atoms with van der Waals surface area (Å²) in [5.41, 5.74) is 0. The largest absolute Gasteiger partial charge is 0.175 e. The highest BCUT2D eigenvalue weighted by Crippen LogP contribution is 2.71. The molecule has 4 saturated carbocycles. The van der Waals surface area contributed by atoms with Gasteiger partial charge in [0.25, 0.3) is 0 Å². The van der Waals surface area contributed by atoms with Crippen molar-refractivity contribution in [1.82, 2.24) is 0 Å². The lowest BCUT2D eigenvalue weighted by Gasteiger charge is -2.03. The summed E-state index contributed by atoms with van der Waals surface area (Å²) in [5, 5.41) is 0.824. The van der Waals surface area contributed by atoms with Crippen LogP contribution in [0, 0.1) is 23.7 Å². The molecule has 0 aromatic carbocycles. The molecule has 4 aliphatic rings. The fourth-order valence-corrected chi connectivity index (χ4v) is 3.72. The van der Waals surface area contributed by atoms with E-state index in [2.05, 4.69) is 12.6 Å². The molecule has 0 nitrogen and oxygen atoms in total. The highest BCUT2D eigenvalue weighted by atomic mass is 32.1. The first kappa shape index (κ1) is 4.21. The van der Waals surface area contributed by atoms with E-state index in [1.165, 1.54) is 12.8 Å². The molecule has 4 bridgehead atoms. The minimum Gasteiger partial charge on any atom is -0.175 e. The molecule has 0 N–H and O–H groups in total. The van der Waals surface area contributed by atoms with E-state index in [4.69, 9.17) is 0 Å². The molecule has 3 atom stereocenters. The Morgan fingerprint density at radius 3 is 1.88 bits per heavy atom. The second-order valence-electron chi connectivity index (χ2n) is 3.63. The predicted octanol–water partition coefficient (Wildman–Crippen LogP) is 1.57. The second kappa shape index (κ2) is 0.985. The third-order valence-corrected chi connectivity index (χ3v) is 4.19. The van der Waals surface area contributed by atoms with Crippen LogP contribution in [0.25, 0.3) is 0 Å². The molecule has 0 heterocycles. The smallest absolute Gasteiger partial charge is 0.00790 e. The van der Waals surface area contributed by atoms with Crippen LogP contribution < -0.4 is 0 Å². The molecule has 8 heavy (non-hydrogen) atoms. The highest BCUT2D eigenvalue weighted by molar-refractivity contribution is 7.81. The third-order valence-electron chi connectivity index (χ3n) is 3.43. The zero-order chi connectivity index (χ0) is 5.30. The molecule has 0 spiro atoms. The molecule has 0 amide bonds. The lowest BCUT2D eigenvalue weighted by Crippen LogP contribution is -2.01. The van der Waals surface area contributed by atoms with Crippen LogP contribution in [0.2, 0.25) is 0 Å². The number of hydrogen-bond acceptors (Lipinski definition) is 1. The summed E-state index contributed by atoms with van der Waals surface area (Å²) >= 11 is 4.57. The molecule has 0 aromatic rings. The van der Waals surface area contributed by atoms with Gasteiger partial charge in [-0.05, 0) is 36.5 Å². The SMILES string of the molecule is SC1C2CC3C(C2)C13. The summed E-state index contributed by atoms with van der Waals surface area (Å²) in [5.74, 6) is 4.44. The lowest BCUT2D eigenvalue weighted by molar-refractivity contribution is 0.617. The van der Waals surface area contributed by atoms with E-state index in [1.54, 1.807) is 0 Å². The third kappa shape index (κ3) is 0.262. The van der Waals surface area contributed by atoms with Crippen LogP contribution in [-0.4, -0.2) is 5.25 Å². The number of rotatable bonds is 0. The molecule has 0 aromatic heterocycles. The van der Waals surface area contributed by atoms with Gasteiger partial charge in [-0.15, -0.1) is 0 Å². The maximum atomic E-state index is 4.57. The fraction of sp³-hybridized carbons (Fsp3) is 1.00. The summed E-state index contributed by atoms with van der Waals surface area (Å²) in [6.45, 7) is 0. The number of thiol groups is 1. The van der Waals surface area contributed by atoms with Crippen molar-refractivity contribution in [1.29, 1.82) is 0 Å². The van der Waals surface area contributed by atoms with Crippen molar-refractivity contribution >= 4 is 12.6 Å². The van der Waals surface area contributed by atoms with E-state index < -0.39 is 0 Å². The topological polar surface area (TPSA) is 0 Å². The fourth-order valence-electron chi connectivity index (χ4n) is 3.03. The van der Waals surface area contributed by atoms with Crippen LogP contribution in [0.3, 0.4) is 0 Å². The molecule has 0 saturated heterocycles. The molecule has 1 heteroatoms. The number of hydrogen-bond donors (Lipinski definition) is 1. The maximum Gasteiger partial charge on any atom is 0.00790 e. The Morgan fingerprint density at radius 2 is 1.75 bits per heavy atom. The van der Waals surface area contributed by atoms with Crippen molar-refractivity contribution in [3.8, 4) is 0 Å². The van der Waals surface area contributed by atoms with Crippen LogP contribution in [0.5, 0.6) is 0 Å². The molecular formula is C7H10S. The van der Waals surface area contributed by atoms with E-state index in [1.807, 2.05) is 0 Å². The maximum absolute atomic E-state index is 4.57. The van der Waals surface area contributed by atoms with E-state index in [0.717, 1.165) is 28.9 Å². The summed E-state index contributed by atoms with van der Waals surface area (Å²) in [6.07, 6.45) is 3.06. The van der Waals surface area contributed by atoms with E-state index in [9.17, 15) is 0 Å². The molecule has 4 fully saturated rings. The average molecular weight is 126 g/mol. The quantitative estimate of drug-likeness (QED) is 0.468. The summed E-state index contributed by atoms with van der Waals surface area (Å²) < 4.78 is 0. The zero-order valence-electron chi connectivity index (χ0n) is 4.75. The minimum atomic E-state index is 0.824. The molecule has 44 valence electrons. The Kier molecular flexibility index (Phi) is 0.518. The molecule has 3 unspecified atom stereocenters. The van der Waals surface area contributed by atoms with Gasteiger partial charge >= 0.3 is 0 Å². The van der Waals surface area contributed by atoms with Crippen LogP contribution in [0.4, 0.5) is 0 Å². The molecule has 4 aliphatic carbocycles. The second-order valence-corrected chi connectivity index (χ2v) is 4.22. The molecule has 4 rings (SSSR count). The van der Waals surface area contributed by atoms with Gasteiger partial charge in [0.15, 0.2) is 0 Å². The normalized spacial score (nSPS) is 73.9. The van der Waals surface area contributed by atoms with Crippen LogP contribution >= 0.6 is 12.6 Å². The molecular weight excluding hydrogens is 116 g/mol. The van der Waals surface area contributed by atoms with Crippen molar-refractivity contribution in [3.05, 3.63) is 0 Å². The van der Waals surface area contributed by atoms with Gasteiger partial charge in [-0.3, -0.25) is 0 Å². The van der Waals surface area contributed by atoms with Gasteiger partial charge in [0.05, 0.1) is 0 Å². The Balaban J connectivity index is 2.10. The van der Waals surface area contributed by atoms with Crippen molar-refractivity contribution in [2.24, 2.45) is 23.7 Å². The average Bonchev–Trinajstić information content (AvgIpc) is 2.23. The van der Waals surface area contributed by atoms with E-state index in [0.29, 0.717) is 0 Å². The minimum absolute atomic E-state index is 0.824. The van der Waals surface area contributed by atoms with Gasteiger partial charge < -0.3 is 0 Å². The van der Waals surface area contributed by atoms with Crippen molar-refractivity contribution < 1.29 is 0 Å². The first-order valence-electron chi connectivity index (χ1n) is 3.56. The monoisotopic (exact) mass is 126 g/mol. The summed E-state index contributed by atoms with van der Waals surface area (Å²) in [4.78, 5) is 0. The zero-order valence-corrected chi connectivity index (χ0v) is 5.64. The summed E-state index contributed by atoms with van der Waals surface area (Å²) in [7, 11) is 0. The van der Waals surface area contributed by atoms with Gasteiger partial charge in [-0.2, -0.15) is 12.6 Å². The Labute approximate surface area is 55.1 Å². The van der Waals surface area contributed by atoms with Gasteiger partial charge in [0, 0.05) is 5.25 Å². The van der Waals surface area contributed by atoms with Crippen molar-refractivity contribution in [2.75, 3.05) is 0 Å². The lowest BCUT2D eigenvalue weighted by atomic mass is 10.1. The first-order chi connectivity index (χ1) is 3.88. The van der Waals surface area contributed by atoms with Crippen molar-refractivity contribution in [3.63, 3.8) is 0 Å². The van der Waals surface area contributed by atoms with Gasteiger partial charge in [0.2, 0.25) is 0 Å². The Bertz CT molecular complexity index is 129. The Hall–Kier alpha value is 0.350. The van der Waals surface area contributed by atoms with Gasteiger partial charge in [0.1, 0.15) is 0 Å². The van der Waals surface area contributed by atoms with Gasteiger partial charge in [-0.25, -0.2) is 0 Å². The first-order valence-corrected chi connectivity index (χ1v) is 4.07. The van der Waals surface area contributed by atoms with Crippen LogP contribution in [-0.2, 0) is 0 Å². The van der Waals surface area contributed by atoms with Gasteiger partial charge in [-0.1, -0.05) is 0 Å². The van der Waals surface area contributed by atoms with Crippen molar-refractivity contribution in [2.45, 2.75) is 18.1 Å². The Morgan fingerprint density at radius 1 is 1.12 bits per heavy atom. The van der Waals surface area contributed by atoms with Crippen LogP contribution in [0.1, 0.15) is 12.8 Å². The summed E-state index contributed by atoms with van der Waals surface area (Å²) in [6, 6.07) is 0. The highest BCUT2D eigenvalue weighted by Gasteiger charge is 2.67. The molecule has 0 aliphatic heterocycles. The van der Waals surface area contributed by atoms with E-state index >= 15 is 0 Å². The molecule has 0 radical (unpaired) electrons.